The van der Waals surface area contributed by atoms with E-state index >= 15 is 0 Å². The van der Waals surface area contributed by atoms with Crippen molar-refractivity contribution >= 4 is 40.2 Å². The second kappa shape index (κ2) is 9.80. The number of carbonyl (C=O) groups excluding carboxylic acids is 1. The number of hydrogen-bond donors (Lipinski definition) is 0. The van der Waals surface area contributed by atoms with Gasteiger partial charge in [0.15, 0.2) is 5.16 Å². The molecule has 1 unspecified atom stereocenters. The third-order valence-electron chi connectivity index (χ3n) is 5.09. The van der Waals surface area contributed by atoms with Crippen LogP contribution in [0.2, 0.25) is 5.02 Å². The summed E-state index contributed by atoms with van der Waals surface area (Å²) >= 11 is 7.28. The minimum absolute atomic E-state index is 0.172. The highest BCUT2D eigenvalue weighted by atomic mass is 35.5. The summed E-state index contributed by atoms with van der Waals surface area (Å²) in [6.07, 6.45) is 1.54. The maximum atomic E-state index is 13.5. The van der Waals surface area contributed by atoms with E-state index in [0.29, 0.717) is 32.4 Å². The van der Waals surface area contributed by atoms with Gasteiger partial charge < -0.3 is 9.32 Å². The van der Waals surface area contributed by atoms with E-state index in [2.05, 4.69) is 4.98 Å². The zero-order valence-electron chi connectivity index (χ0n) is 18.0. The van der Waals surface area contributed by atoms with Crippen molar-refractivity contribution < 1.29 is 13.6 Å². The standard InChI is InChI=1S/C24H21ClFN3O3S/c1-15(22(30)28(2)13-16-5-3-6-18(26)11-16)33-24-27-21-12-17(25)8-9-20(21)23(31)29(24)14-19-7-4-10-32-19/h3-12,15H,13-14H2,1-2H3. The summed E-state index contributed by atoms with van der Waals surface area (Å²) < 4.78 is 20.4. The third kappa shape index (κ3) is 5.29. The van der Waals surface area contributed by atoms with E-state index in [1.54, 1.807) is 56.4 Å². The first-order valence-corrected chi connectivity index (χ1v) is 11.5. The molecule has 9 heteroatoms. The fourth-order valence-electron chi connectivity index (χ4n) is 3.47. The van der Waals surface area contributed by atoms with E-state index in [9.17, 15) is 14.0 Å². The summed E-state index contributed by atoms with van der Waals surface area (Å²) in [6.45, 7) is 2.20. The number of benzene rings is 2. The number of nitrogens with zero attached hydrogens (tertiary/aromatic N) is 3. The van der Waals surface area contributed by atoms with Gasteiger partial charge in [0.1, 0.15) is 11.6 Å². The van der Waals surface area contributed by atoms with Crippen molar-refractivity contribution in [3.8, 4) is 0 Å². The molecule has 0 radical (unpaired) electrons. The quantitative estimate of drug-likeness (QED) is 0.273. The van der Waals surface area contributed by atoms with Crippen molar-refractivity contribution in [2.75, 3.05) is 7.05 Å². The second-order valence-electron chi connectivity index (χ2n) is 7.61. The summed E-state index contributed by atoms with van der Waals surface area (Å²) in [6, 6.07) is 14.6. The number of thioether (sulfide) groups is 1. The molecule has 4 aromatic rings. The van der Waals surface area contributed by atoms with Crippen LogP contribution in [0.15, 0.2) is 75.2 Å². The number of amides is 1. The minimum atomic E-state index is -0.546. The summed E-state index contributed by atoms with van der Waals surface area (Å²) in [5.74, 6) is 0.0715. The summed E-state index contributed by atoms with van der Waals surface area (Å²) in [5, 5.41) is 0.728. The van der Waals surface area contributed by atoms with Crippen LogP contribution in [0, 0.1) is 5.82 Å². The highest BCUT2D eigenvalue weighted by Crippen LogP contribution is 2.26. The van der Waals surface area contributed by atoms with Gasteiger partial charge in [-0.25, -0.2) is 9.37 Å². The van der Waals surface area contributed by atoms with Crippen molar-refractivity contribution in [3.63, 3.8) is 0 Å². The molecule has 0 N–H and O–H groups in total. The number of fused-ring (bicyclic) bond motifs is 1. The van der Waals surface area contributed by atoms with Crippen molar-refractivity contribution in [1.29, 1.82) is 0 Å². The Labute approximate surface area is 199 Å². The molecule has 1 atom stereocenters. The van der Waals surface area contributed by atoms with Crippen LogP contribution in [0.4, 0.5) is 4.39 Å². The highest BCUT2D eigenvalue weighted by molar-refractivity contribution is 8.00. The fourth-order valence-corrected chi connectivity index (χ4v) is 4.66. The lowest BCUT2D eigenvalue weighted by Gasteiger charge is -2.22. The lowest BCUT2D eigenvalue weighted by Crippen LogP contribution is -2.33. The van der Waals surface area contributed by atoms with Gasteiger partial charge in [-0.15, -0.1) is 0 Å². The predicted molar refractivity (Wildman–Crippen MR) is 127 cm³/mol. The lowest BCUT2D eigenvalue weighted by molar-refractivity contribution is -0.129. The molecule has 2 heterocycles. The van der Waals surface area contributed by atoms with E-state index in [1.165, 1.54) is 39.6 Å². The Balaban J connectivity index is 1.63. The second-order valence-corrected chi connectivity index (χ2v) is 9.36. The SMILES string of the molecule is CC(Sc1nc2cc(Cl)ccc2c(=O)n1Cc1ccco1)C(=O)N(C)Cc1cccc(F)c1. The van der Waals surface area contributed by atoms with Gasteiger partial charge >= 0.3 is 0 Å². The maximum Gasteiger partial charge on any atom is 0.262 e. The number of aromatic nitrogens is 2. The molecule has 0 spiro atoms. The Morgan fingerprint density at radius 3 is 2.79 bits per heavy atom. The topological polar surface area (TPSA) is 68.3 Å². The Kier molecular flexibility index (Phi) is 6.85. The monoisotopic (exact) mass is 485 g/mol. The van der Waals surface area contributed by atoms with E-state index in [-0.39, 0.29) is 30.4 Å². The molecule has 2 aromatic carbocycles. The van der Waals surface area contributed by atoms with Gasteiger partial charge in [0.25, 0.3) is 5.56 Å². The molecular weight excluding hydrogens is 465 g/mol. The van der Waals surface area contributed by atoms with Crippen LogP contribution in [-0.2, 0) is 17.9 Å². The predicted octanol–water partition coefficient (Wildman–Crippen LogP) is 4.97. The van der Waals surface area contributed by atoms with Crippen LogP contribution >= 0.6 is 23.4 Å². The van der Waals surface area contributed by atoms with E-state index in [4.69, 9.17) is 16.0 Å². The molecule has 1 amide bonds. The summed E-state index contributed by atoms with van der Waals surface area (Å²) in [5.41, 5.74) is 0.901. The summed E-state index contributed by atoms with van der Waals surface area (Å²) in [4.78, 5) is 32.4. The number of rotatable bonds is 7. The molecule has 170 valence electrons. The molecular formula is C24H21ClFN3O3S. The molecule has 0 aliphatic heterocycles. The van der Waals surface area contributed by atoms with Gasteiger partial charge in [-0.1, -0.05) is 35.5 Å². The van der Waals surface area contributed by atoms with Gasteiger partial charge in [0.2, 0.25) is 5.91 Å². The molecule has 0 aliphatic carbocycles. The van der Waals surface area contributed by atoms with Gasteiger partial charge in [-0.3, -0.25) is 14.2 Å². The molecule has 4 rings (SSSR count). The fraction of sp³-hybridized carbons (Fsp3) is 0.208. The number of halogens is 2. The van der Waals surface area contributed by atoms with Gasteiger partial charge in [-0.2, -0.15) is 0 Å². The average molecular weight is 486 g/mol. The molecule has 0 bridgehead atoms. The van der Waals surface area contributed by atoms with Crippen molar-refractivity contribution in [2.45, 2.75) is 30.4 Å². The first-order chi connectivity index (χ1) is 15.8. The molecule has 2 aromatic heterocycles. The largest absolute Gasteiger partial charge is 0.467 e. The van der Waals surface area contributed by atoms with Gasteiger partial charge in [0.05, 0.1) is 29.0 Å². The zero-order valence-corrected chi connectivity index (χ0v) is 19.6. The lowest BCUT2D eigenvalue weighted by atomic mass is 10.2. The van der Waals surface area contributed by atoms with Crippen molar-refractivity contribution in [1.82, 2.24) is 14.5 Å². The Bertz CT molecular complexity index is 1360. The van der Waals surface area contributed by atoms with Crippen LogP contribution in [-0.4, -0.2) is 32.7 Å². The normalized spacial score (nSPS) is 12.1. The molecule has 0 aliphatic rings. The number of carbonyl (C=O) groups is 1. The van der Waals surface area contributed by atoms with Crippen molar-refractivity contribution in [3.05, 3.63) is 93.4 Å². The van der Waals surface area contributed by atoms with Gasteiger partial charge in [-0.05, 0) is 55.0 Å². The highest BCUT2D eigenvalue weighted by Gasteiger charge is 2.23. The maximum absolute atomic E-state index is 13.5. The van der Waals surface area contributed by atoms with Crippen LogP contribution in [0.3, 0.4) is 0 Å². The van der Waals surface area contributed by atoms with E-state index in [0.717, 1.165) is 0 Å². The molecule has 6 nitrogen and oxygen atoms in total. The van der Waals surface area contributed by atoms with E-state index in [1.807, 2.05) is 0 Å². The number of furan rings is 1. The molecule has 0 saturated carbocycles. The third-order valence-corrected chi connectivity index (χ3v) is 6.40. The molecule has 0 saturated heterocycles. The van der Waals surface area contributed by atoms with Crippen molar-refractivity contribution in [2.24, 2.45) is 0 Å². The van der Waals surface area contributed by atoms with Gasteiger partial charge in [0, 0.05) is 18.6 Å². The summed E-state index contributed by atoms with van der Waals surface area (Å²) in [7, 11) is 1.66. The minimum Gasteiger partial charge on any atom is -0.467 e. The molecule has 33 heavy (non-hydrogen) atoms. The van der Waals surface area contributed by atoms with E-state index < -0.39 is 5.25 Å². The van der Waals surface area contributed by atoms with Crippen LogP contribution in [0.25, 0.3) is 10.9 Å². The first-order valence-electron chi connectivity index (χ1n) is 10.2. The number of hydrogen-bond acceptors (Lipinski definition) is 5. The Morgan fingerprint density at radius 2 is 2.06 bits per heavy atom. The van der Waals surface area contributed by atoms with Crippen LogP contribution in [0.1, 0.15) is 18.2 Å². The Hall–Kier alpha value is -3.10. The Morgan fingerprint density at radius 1 is 1.24 bits per heavy atom. The van der Waals surface area contributed by atoms with Crippen LogP contribution in [0.5, 0.6) is 0 Å². The molecule has 0 fully saturated rings. The smallest absolute Gasteiger partial charge is 0.262 e. The van der Waals surface area contributed by atoms with Crippen LogP contribution < -0.4 is 5.56 Å². The zero-order chi connectivity index (χ0) is 23.5. The first kappa shape index (κ1) is 23.1. The average Bonchev–Trinajstić information content (AvgIpc) is 3.29.